The number of nitrogens with one attached hydrogen (secondary N) is 1. The van der Waals surface area contributed by atoms with Crippen molar-refractivity contribution in [3.8, 4) is 0 Å². The zero-order valence-corrected chi connectivity index (χ0v) is 18.1. The summed E-state index contributed by atoms with van der Waals surface area (Å²) in [5, 5.41) is 3.18. The molecule has 138 valence electrons. The van der Waals surface area contributed by atoms with Gasteiger partial charge in [0.25, 0.3) is 0 Å². The third-order valence-corrected chi connectivity index (χ3v) is 6.61. The molecule has 0 aromatic heterocycles. The highest BCUT2D eigenvalue weighted by Crippen LogP contribution is 2.18. The van der Waals surface area contributed by atoms with Crippen LogP contribution in [0.15, 0.2) is 4.99 Å². The number of rotatable bonds is 6. The molecule has 0 amide bonds. The van der Waals surface area contributed by atoms with E-state index in [9.17, 15) is 8.42 Å². The van der Waals surface area contributed by atoms with Crippen LogP contribution in [0.5, 0.6) is 0 Å². The molecular formula is C15H32IN3O3S. The Bertz CT molecular complexity index is 474. The van der Waals surface area contributed by atoms with Crippen molar-refractivity contribution >= 4 is 39.8 Å². The number of hydrogen-bond donors (Lipinski definition) is 1. The van der Waals surface area contributed by atoms with Crippen LogP contribution in [-0.2, 0) is 14.6 Å². The Labute approximate surface area is 158 Å². The maximum atomic E-state index is 11.8. The van der Waals surface area contributed by atoms with Gasteiger partial charge in [0.15, 0.2) is 15.8 Å². The SMILES string of the molecule is CN=C(NCC(C)(C)S(C)(=O)=O)N(C)CCC1CCOCC1.I. The van der Waals surface area contributed by atoms with Crippen molar-refractivity contribution in [1.82, 2.24) is 10.2 Å². The standard InChI is InChI=1S/C15H31N3O3S.HI/c1-15(2,22(5,19)20)12-17-14(16-3)18(4)9-6-13-7-10-21-11-8-13;/h13H,6-12H2,1-5H3,(H,16,17);1H. The monoisotopic (exact) mass is 461 g/mol. The molecule has 6 nitrogen and oxygen atoms in total. The van der Waals surface area contributed by atoms with E-state index in [0.29, 0.717) is 12.5 Å². The van der Waals surface area contributed by atoms with Gasteiger partial charge < -0.3 is 15.0 Å². The van der Waals surface area contributed by atoms with E-state index < -0.39 is 14.6 Å². The number of guanidine groups is 1. The van der Waals surface area contributed by atoms with Gasteiger partial charge in [0.2, 0.25) is 0 Å². The summed E-state index contributed by atoms with van der Waals surface area (Å²) < 4.78 is 28.1. The van der Waals surface area contributed by atoms with Gasteiger partial charge in [-0.1, -0.05) is 0 Å². The molecule has 0 spiro atoms. The van der Waals surface area contributed by atoms with E-state index in [1.807, 2.05) is 7.05 Å². The number of halogens is 1. The van der Waals surface area contributed by atoms with E-state index in [1.54, 1.807) is 20.9 Å². The minimum absolute atomic E-state index is 0. The van der Waals surface area contributed by atoms with Crippen LogP contribution in [0.2, 0.25) is 0 Å². The Morgan fingerprint density at radius 2 is 1.91 bits per heavy atom. The fourth-order valence-corrected chi connectivity index (χ4v) is 2.66. The number of sulfone groups is 1. The van der Waals surface area contributed by atoms with Gasteiger partial charge in [-0.2, -0.15) is 0 Å². The summed E-state index contributed by atoms with van der Waals surface area (Å²) in [6, 6.07) is 0. The molecule has 1 rings (SSSR count). The predicted octanol–water partition coefficient (Wildman–Crippen LogP) is 1.75. The topological polar surface area (TPSA) is 71.0 Å². The summed E-state index contributed by atoms with van der Waals surface area (Å²) in [5.41, 5.74) is 0. The molecule has 1 fully saturated rings. The molecule has 0 bridgehead atoms. The Kier molecular flexibility index (Phi) is 9.99. The van der Waals surface area contributed by atoms with E-state index in [-0.39, 0.29) is 24.0 Å². The van der Waals surface area contributed by atoms with Gasteiger partial charge in [-0.3, -0.25) is 4.99 Å². The molecule has 0 saturated carbocycles. The van der Waals surface area contributed by atoms with E-state index in [0.717, 1.165) is 45.0 Å². The maximum absolute atomic E-state index is 11.8. The molecule has 23 heavy (non-hydrogen) atoms. The smallest absolute Gasteiger partial charge is 0.193 e. The minimum atomic E-state index is -3.11. The van der Waals surface area contributed by atoms with Crippen molar-refractivity contribution in [2.24, 2.45) is 10.9 Å². The highest BCUT2D eigenvalue weighted by molar-refractivity contribution is 14.0. The van der Waals surface area contributed by atoms with Gasteiger partial charge in [-0.15, -0.1) is 24.0 Å². The van der Waals surface area contributed by atoms with Gasteiger partial charge in [0.05, 0.1) is 4.75 Å². The molecule has 0 aliphatic carbocycles. The lowest BCUT2D eigenvalue weighted by Gasteiger charge is -2.29. The van der Waals surface area contributed by atoms with Crippen LogP contribution in [0.1, 0.15) is 33.1 Å². The van der Waals surface area contributed by atoms with Crippen molar-refractivity contribution in [1.29, 1.82) is 0 Å². The van der Waals surface area contributed by atoms with Crippen LogP contribution in [0.3, 0.4) is 0 Å². The third kappa shape index (κ3) is 7.55. The van der Waals surface area contributed by atoms with Crippen LogP contribution in [0.4, 0.5) is 0 Å². The summed E-state index contributed by atoms with van der Waals surface area (Å²) in [7, 11) is 0.600. The van der Waals surface area contributed by atoms with Gasteiger partial charge in [-0.25, -0.2) is 8.42 Å². The van der Waals surface area contributed by atoms with E-state index >= 15 is 0 Å². The summed E-state index contributed by atoms with van der Waals surface area (Å²) >= 11 is 0. The molecular weight excluding hydrogens is 429 g/mol. The second-order valence-electron chi connectivity index (χ2n) is 6.70. The quantitative estimate of drug-likeness (QED) is 0.371. The van der Waals surface area contributed by atoms with Crippen LogP contribution in [-0.4, -0.2) is 70.7 Å². The fraction of sp³-hybridized carbons (Fsp3) is 0.933. The van der Waals surface area contributed by atoms with Crippen molar-refractivity contribution in [2.75, 3.05) is 46.7 Å². The molecule has 1 saturated heterocycles. The van der Waals surface area contributed by atoms with Gasteiger partial charge >= 0.3 is 0 Å². The summed E-state index contributed by atoms with van der Waals surface area (Å²) in [6.07, 6.45) is 4.63. The van der Waals surface area contributed by atoms with E-state index in [2.05, 4.69) is 15.2 Å². The summed E-state index contributed by atoms with van der Waals surface area (Å²) in [4.78, 5) is 6.31. The first kappa shape index (κ1) is 22.9. The average molecular weight is 461 g/mol. The lowest BCUT2D eigenvalue weighted by molar-refractivity contribution is 0.0625. The van der Waals surface area contributed by atoms with Crippen molar-refractivity contribution in [3.63, 3.8) is 0 Å². The first-order chi connectivity index (χ1) is 10.2. The summed E-state index contributed by atoms with van der Waals surface area (Å²) in [6.45, 7) is 6.44. The van der Waals surface area contributed by atoms with E-state index in [1.165, 1.54) is 6.26 Å². The van der Waals surface area contributed by atoms with Gasteiger partial charge in [-0.05, 0) is 39.0 Å². The highest BCUT2D eigenvalue weighted by Gasteiger charge is 2.30. The zero-order chi connectivity index (χ0) is 16.8. The van der Waals surface area contributed by atoms with E-state index in [4.69, 9.17) is 4.74 Å². The lowest BCUT2D eigenvalue weighted by Crippen LogP contribution is -2.48. The minimum Gasteiger partial charge on any atom is -0.381 e. The molecule has 0 atom stereocenters. The Hall–Kier alpha value is -0.0900. The Morgan fingerprint density at radius 1 is 1.35 bits per heavy atom. The first-order valence-corrected chi connectivity index (χ1v) is 9.75. The van der Waals surface area contributed by atoms with Crippen molar-refractivity contribution in [3.05, 3.63) is 0 Å². The second kappa shape index (κ2) is 10.0. The van der Waals surface area contributed by atoms with Crippen LogP contribution < -0.4 is 5.32 Å². The third-order valence-electron chi connectivity index (χ3n) is 4.46. The predicted molar refractivity (Wildman–Crippen MR) is 106 cm³/mol. The number of ether oxygens (including phenoxy) is 1. The normalized spacial score (nSPS) is 17.5. The highest BCUT2D eigenvalue weighted by atomic mass is 127. The molecule has 0 aromatic carbocycles. The van der Waals surface area contributed by atoms with Crippen molar-refractivity contribution < 1.29 is 13.2 Å². The molecule has 0 radical (unpaired) electrons. The lowest BCUT2D eigenvalue weighted by atomic mass is 9.96. The van der Waals surface area contributed by atoms with Gasteiger partial charge in [0.1, 0.15) is 0 Å². The van der Waals surface area contributed by atoms with Crippen LogP contribution >= 0.6 is 24.0 Å². The second-order valence-corrected chi connectivity index (χ2v) is 9.35. The molecule has 1 aliphatic heterocycles. The van der Waals surface area contributed by atoms with Crippen molar-refractivity contribution in [2.45, 2.75) is 37.9 Å². The molecule has 1 aliphatic rings. The van der Waals surface area contributed by atoms with Gasteiger partial charge in [0, 0.05) is 46.7 Å². The number of aliphatic imine (C=N–C) groups is 1. The average Bonchev–Trinajstić information content (AvgIpc) is 2.45. The molecule has 0 aromatic rings. The maximum Gasteiger partial charge on any atom is 0.193 e. The first-order valence-electron chi connectivity index (χ1n) is 7.86. The molecule has 1 heterocycles. The number of nitrogens with zero attached hydrogens (tertiary/aromatic N) is 2. The molecule has 8 heteroatoms. The zero-order valence-electron chi connectivity index (χ0n) is 15.0. The Morgan fingerprint density at radius 3 is 2.39 bits per heavy atom. The molecule has 0 unspecified atom stereocenters. The fourth-order valence-electron chi connectivity index (χ4n) is 2.32. The number of hydrogen-bond acceptors (Lipinski definition) is 4. The molecule has 1 N–H and O–H groups in total. The van der Waals surface area contributed by atoms with Crippen LogP contribution in [0, 0.1) is 5.92 Å². The summed E-state index contributed by atoms with van der Waals surface area (Å²) in [5.74, 6) is 1.45. The largest absolute Gasteiger partial charge is 0.381 e. The van der Waals surface area contributed by atoms with Crippen LogP contribution in [0.25, 0.3) is 0 Å². The Balaban J connectivity index is 0.00000484.